The highest BCUT2D eigenvalue weighted by atomic mass is 35.5. The zero-order valence-electron chi connectivity index (χ0n) is 16.4. The largest absolute Gasteiger partial charge is 0.478 e. The summed E-state index contributed by atoms with van der Waals surface area (Å²) in [5.41, 5.74) is 4.26. The molecule has 2 aliphatic heterocycles. The van der Waals surface area contributed by atoms with E-state index < -0.39 is 5.97 Å². The summed E-state index contributed by atoms with van der Waals surface area (Å²) in [6.45, 7) is 3.27. The van der Waals surface area contributed by atoms with E-state index >= 15 is 0 Å². The van der Waals surface area contributed by atoms with Crippen molar-refractivity contribution in [3.05, 3.63) is 40.0 Å². The van der Waals surface area contributed by atoms with Crippen LogP contribution in [0.4, 0.5) is 0 Å². The number of aryl methyl sites for hydroxylation is 1. The maximum absolute atomic E-state index is 12.8. The number of hydrogen-bond acceptors (Lipinski definition) is 5. The van der Waals surface area contributed by atoms with Crippen molar-refractivity contribution in [1.29, 1.82) is 0 Å². The molecule has 151 valence electrons. The summed E-state index contributed by atoms with van der Waals surface area (Å²) in [5, 5.41) is 9.37. The molecule has 1 fully saturated rings. The van der Waals surface area contributed by atoms with Crippen molar-refractivity contribution in [2.45, 2.75) is 38.1 Å². The van der Waals surface area contributed by atoms with E-state index in [1.165, 1.54) is 0 Å². The van der Waals surface area contributed by atoms with Gasteiger partial charge in [-0.1, -0.05) is 13.0 Å². The molecule has 29 heavy (non-hydrogen) atoms. The number of aromatic nitrogens is 2. The molecule has 0 bridgehead atoms. The van der Waals surface area contributed by atoms with Crippen LogP contribution in [0.5, 0.6) is 0 Å². The second-order valence-corrected chi connectivity index (χ2v) is 7.68. The lowest BCUT2D eigenvalue weighted by molar-refractivity contribution is -0.132. The fourth-order valence-electron chi connectivity index (χ4n) is 3.86. The Labute approximate surface area is 174 Å². The Morgan fingerprint density at radius 3 is 2.83 bits per heavy atom. The van der Waals surface area contributed by atoms with Crippen LogP contribution in [0.2, 0.25) is 0 Å². The number of halogens is 1. The number of amides is 1. The first-order valence-electron chi connectivity index (χ1n) is 9.69. The van der Waals surface area contributed by atoms with Gasteiger partial charge in [-0.2, -0.15) is 0 Å². The predicted molar refractivity (Wildman–Crippen MR) is 110 cm³/mol. The lowest BCUT2D eigenvalue weighted by atomic mass is 9.63. The molecule has 1 aliphatic carbocycles. The zero-order chi connectivity index (χ0) is 20.7. The predicted octanol–water partition coefficient (Wildman–Crippen LogP) is 1.56. The Balaban J connectivity index is 1.37. The first kappa shape index (κ1) is 19.8. The van der Waals surface area contributed by atoms with Gasteiger partial charge in [0.1, 0.15) is 0 Å². The number of rotatable bonds is 5. The van der Waals surface area contributed by atoms with Gasteiger partial charge in [0.25, 0.3) is 5.91 Å². The summed E-state index contributed by atoms with van der Waals surface area (Å²) in [5.74, 6) is -0.467. The summed E-state index contributed by atoms with van der Waals surface area (Å²) in [6.07, 6.45) is 3.92. The van der Waals surface area contributed by atoms with Gasteiger partial charge in [-0.05, 0) is 24.7 Å². The second kappa shape index (κ2) is 7.70. The number of alkyl halides is 1. The third-order valence-corrected chi connectivity index (χ3v) is 5.94. The van der Waals surface area contributed by atoms with Gasteiger partial charge in [-0.25, -0.2) is 9.78 Å². The number of hydrogen-bond donors (Lipinski definition) is 2. The Morgan fingerprint density at radius 2 is 2.21 bits per heavy atom. The molecule has 1 radical (unpaired) electrons. The number of carbonyl (C=O) groups is 2. The standard InChI is InChI=1S/C19H22BClN5O3/c1-3-12-14(7-21)23-16(22-12)17(27)25(2)10-8-26(9-10)19-20-15-11(18(28)29)5-4-6-13(15)24-19/h5,10H,3-4,6-9H2,1-2H3,(H,22,23)(H,28,29). The van der Waals surface area contributed by atoms with Crippen LogP contribution >= 0.6 is 11.6 Å². The molecule has 2 N–H and O–H groups in total. The molecular weight excluding hydrogens is 393 g/mol. The minimum absolute atomic E-state index is 0.0420. The number of aromatic amines is 1. The van der Waals surface area contributed by atoms with Crippen molar-refractivity contribution in [3.8, 4) is 0 Å². The van der Waals surface area contributed by atoms with Gasteiger partial charge in [0.15, 0.2) is 5.82 Å². The van der Waals surface area contributed by atoms with Gasteiger partial charge in [0.2, 0.25) is 7.28 Å². The molecule has 4 rings (SSSR count). The van der Waals surface area contributed by atoms with Crippen LogP contribution in [0.1, 0.15) is 41.8 Å². The molecule has 10 heteroatoms. The number of amidine groups is 1. The van der Waals surface area contributed by atoms with Crippen molar-refractivity contribution >= 4 is 36.5 Å². The molecule has 0 unspecified atom stereocenters. The Bertz CT molecular complexity index is 940. The molecule has 0 aromatic carbocycles. The van der Waals surface area contributed by atoms with Crippen LogP contribution in [0.15, 0.2) is 27.8 Å². The van der Waals surface area contributed by atoms with Crippen LogP contribution in [0, 0.1) is 0 Å². The molecule has 0 atom stereocenters. The molecular formula is C19H22BClN5O3. The monoisotopic (exact) mass is 414 g/mol. The van der Waals surface area contributed by atoms with Gasteiger partial charge >= 0.3 is 5.97 Å². The van der Waals surface area contributed by atoms with E-state index in [-0.39, 0.29) is 11.9 Å². The summed E-state index contributed by atoms with van der Waals surface area (Å²) in [7, 11) is 3.62. The highest BCUT2D eigenvalue weighted by molar-refractivity contribution is 6.83. The second-order valence-electron chi connectivity index (χ2n) is 7.41. The van der Waals surface area contributed by atoms with Crippen LogP contribution in [0.25, 0.3) is 0 Å². The smallest absolute Gasteiger partial charge is 0.334 e. The van der Waals surface area contributed by atoms with Crippen LogP contribution in [-0.2, 0) is 17.1 Å². The lowest BCUT2D eigenvalue weighted by Gasteiger charge is -2.45. The van der Waals surface area contributed by atoms with Gasteiger partial charge in [-0.15, -0.1) is 11.6 Å². The van der Waals surface area contributed by atoms with Gasteiger partial charge in [0.05, 0.1) is 34.6 Å². The molecule has 1 aromatic heterocycles. The highest BCUT2D eigenvalue weighted by Gasteiger charge is 2.38. The number of aliphatic imine (C=N–C) groups is 1. The first-order valence-corrected chi connectivity index (χ1v) is 10.2. The van der Waals surface area contributed by atoms with E-state index in [9.17, 15) is 14.7 Å². The molecule has 0 spiro atoms. The summed E-state index contributed by atoms with van der Waals surface area (Å²) in [4.78, 5) is 40.0. The van der Waals surface area contributed by atoms with Crippen LogP contribution in [-0.4, -0.2) is 75.9 Å². The number of H-pyrrole nitrogens is 1. The average Bonchev–Trinajstić information content (AvgIpc) is 3.29. The van der Waals surface area contributed by atoms with E-state index in [0.29, 0.717) is 48.7 Å². The number of aliphatic carboxylic acids is 1. The number of allylic oxidation sites excluding steroid dienone is 2. The van der Waals surface area contributed by atoms with Crippen LogP contribution < -0.4 is 0 Å². The van der Waals surface area contributed by atoms with Crippen molar-refractivity contribution < 1.29 is 14.7 Å². The van der Waals surface area contributed by atoms with Gasteiger partial charge in [0, 0.05) is 25.8 Å². The lowest BCUT2D eigenvalue weighted by Crippen LogP contribution is -2.62. The Kier molecular flexibility index (Phi) is 5.25. The van der Waals surface area contributed by atoms with Crippen molar-refractivity contribution in [3.63, 3.8) is 0 Å². The number of imidazole rings is 1. The van der Waals surface area contributed by atoms with E-state index in [1.807, 2.05) is 14.2 Å². The Morgan fingerprint density at radius 1 is 1.45 bits per heavy atom. The Hall–Kier alpha value is -2.55. The first-order chi connectivity index (χ1) is 13.9. The summed E-state index contributed by atoms with van der Waals surface area (Å²) < 4.78 is 0. The van der Waals surface area contributed by atoms with Gasteiger partial charge < -0.3 is 19.9 Å². The highest BCUT2D eigenvalue weighted by Crippen LogP contribution is 2.31. The maximum atomic E-state index is 12.8. The van der Waals surface area contributed by atoms with E-state index in [4.69, 9.17) is 11.6 Å². The molecule has 0 saturated carbocycles. The molecule has 3 heterocycles. The fourth-order valence-corrected chi connectivity index (χ4v) is 4.09. The third kappa shape index (κ3) is 3.48. The summed E-state index contributed by atoms with van der Waals surface area (Å²) >= 11 is 5.92. The molecule has 1 aromatic rings. The van der Waals surface area contributed by atoms with Crippen molar-refractivity contribution in [2.24, 2.45) is 4.99 Å². The minimum atomic E-state index is -0.919. The van der Waals surface area contributed by atoms with Gasteiger partial charge in [-0.3, -0.25) is 9.79 Å². The number of carbonyl (C=O) groups excluding carboxylic acids is 1. The molecule has 1 amide bonds. The number of likely N-dealkylation sites (N-methyl/N-ethyl adjacent to an activating group) is 1. The molecule has 3 aliphatic rings. The number of nitrogens with zero attached hydrogens (tertiary/aromatic N) is 4. The number of carboxylic acids is 1. The third-order valence-electron chi connectivity index (χ3n) is 5.67. The quantitative estimate of drug-likeness (QED) is 0.562. The van der Waals surface area contributed by atoms with E-state index in [2.05, 4.69) is 19.9 Å². The number of carboxylic acid groups (broad SMARTS) is 1. The normalized spacial score (nSPS) is 18.7. The van der Waals surface area contributed by atoms with Crippen molar-refractivity contribution in [1.82, 2.24) is 19.8 Å². The van der Waals surface area contributed by atoms with E-state index in [1.54, 1.807) is 18.0 Å². The molecule has 1 saturated heterocycles. The number of likely N-dealkylation sites (tertiary alicyclic amines) is 1. The fraction of sp³-hybridized carbons (Fsp3) is 0.474. The molecule has 8 nitrogen and oxygen atoms in total. The zero-order valence-corrected chi connectivity index (χ0v) is 17.2. The maximum Gasteiger partial charge on any atom is 0.334 e. The SMILES string of the molecule is CCc1nc(C(=O)N(C)C2CN(C3=NC4=C([B]3)C(C(=O)O)=CCC4)C2)[nH]c1CCl. The topological polar surface area (TPSA) is 102 Å². The minimum Gasteiger partial charge on any atom is -0.478 e. The van der Waals surface area contributed by atoms with E-state index in [0.717, 1.165) is 29.2 Å². The number of nitrogens with one attached hydrogen (secondary N) is 1. The average molecular weight is 415 g/mol. The van der Waals surface area contributed by atoms with Crippen molar-refractivity contribution in [2.75, 3.05) is 20.1 Å². The van der Waals surface area contributed by atoms with Crippen LogP contribution in [0.3, 0.4) is 0 Å². The summed E-state index contributed by atoms with van der Waals surface area (Å²) in [6, 6.07) is 0.0420.